The summed E-state index contributed by atoms with van der Waals surface area (Å²) in [6, 6.07) is 16.8. The normalized spacial score (nSPS) is 9.00. The van der Waals surface area contributed by atoms with Crippen molar-refractivity contribution < 1.29 is 9.90 Å². The van der Waals surface area contributed by atoms with Gasteiger partial charge in [0.05, 0.1) is 5.56 Å². The van der Waals surface area contributed by atoms with Crippen molar-refractivity contribution in [3.63, 3.8) is 0 Å². The summed E-state index contributed by atoms with van der Waals surface area (Å²) in [5, 5.41) is 8.63. The van der Waals surface area contributed by atoms with Gasteiger partial charge < -0.3 is 10.8 Å². The van der Waals surface area contributed by atoms with Crippen LogP contribution in [0.25, 0.3) is 0 Å². The summed E-state index contributed by atoms with van der Waals surface area (Å²) < 4.78 is 0. The minimum atomic E-state index is -0.935. The van der Waals surface area contributed by atoms with Crippen molar-refractivity contribution in [2.24, 2.45) is 0 Å². The number of aryl methyl sites for hydroxylation is 1. The fraction of sp³-hybridized carbons (Fsp3) is 0.0714. The molecule has 0 radical (unpaired) electrons. The molecule has 0 aliphatic carbocycles. The predicted molar refractivity (Wildman–Crippen MR) is 69.0 cm³/mol. The summed E-state index contributed by atoms with van der Waals surface area (Å²) in [6.45, 7) is 1.74. The number of hydrogen-bond donors (Lipinski definition) is 2. The highest BCUT2D eigenvalue weighted by Gasteiger charge is 2.05. The van der Waals surface area contributed by atoms with Crippen molar-refractivity contribution in [3.8, 4) is 0 Å². The molecule has 3 heteroatoms. The molecule has 0 heterocycles. The van der Waals surface area contributed by atoms with Crippen LogP contribution in [0.3, 0.4) is 0 Å². The van der Waals surface area contributed by atoms with Gasteiger partial charge in [-0.2, -0.15) is 0 Å². The molecule has 0 amide bonds. The molecule has 3 nitrogen and oxygen atoms in total. The molecule has 0 aliphatic heterocycles. The predicted octanol–water partition coefficient (Wildman–Crippen LogP) is 2.96. The second kappa shape index (κ2) is 6.33. The first kappa shape index (κ1) is 12.8. The summed E-state index contributed by atoms with van der Waals surface area (Å²) in [6.07, 6.45) is 0. The van der Waals surface area contributed by atoms with E-state index in [1.54, 1.807) is 19.1 Å². The van der Waals surface area contributed by atoms with Gasteiger partial charge in [-0.1, -0.05) is 42.5 Å². The maximum atomic E-state index is 10.5. The van der Waals surface area contributed by atoms with Gasteiger partial charge in [-0.15, -0.1) is 0 Å². The van der Waals surface area contributed by atoms with E-state index in [1.165, 1.54) is 6.07 Å². The first-order valence-corrected chi connectivity index (χ1v) is 5.20. The fourth-order valence-electron chi connectivity index (χ4n) is 1.25. The van der Waals surface area contributed by atoms with E-state index in [-0.39, 0.29) is 5.56 Å². The van der Waals surface area contributed by atoms with E-state index in [2.05, 4.69) is 0 Å². The molecule has 2 aromatic carbocycles. The largest absolute Gasteiger partial charge is 0.478 e. The summed E-state index contributed by atoms with van der Waals surface area (Å²) in [4.78, 5) is 10.5. The number of carboxylic acid groups (broad SMARTS) is 1. The van der Waals surface area contributed by atoms with Crippen molar-refractivity contribution in [2.45, 2.75) is 6.92 Å². The monoisotopic (exact) mass is 229 g/mol. The maximum Gasteiger partial charge on any atom is 0.336 e. The zero-order chi connectivity index (χ0) is 12.7. The minimum absolute atomic E-state index is 0.269. The Bertz CT molecular complexity index is 454. The zero-order valence-electron chi connectivity index (χ0n) is 9.63. The number of rotatable bonds is 1. The van der Waals surface area contributed by atoms with Crippen molar-refractivity contribution in [1.82, 2.24) is 0 Å². The van der Waals surface area contributed by atoms with E-state index in [9.17, 15) is 4.79 Å². The van der Waals surface area contributed by atoms with Gasteiger partial charge in [-0.05, 0) is 24.6 Å². The average Bonchev–Trinajstić information content (AvgIpc) is 2.35. The fourth-order valence-corrected chi connectivity index (χ4v) is 1.25. The Balaban J connectivity index is 0.000000202. The molecule has 0 fully saturated rings. The van der Waals surface area contributed by atoms with Crippen molar-refractivity contribution in [1.29, 1.82) is 0 Å². The number of aromatic carboxylic acids is 1. The molecule has 0 bridgehead atoms. The molecule has 0 saturated carbocycles. The summed E-state index contributed by atoms with van der Waals surface area (Å²) >= 11 is 0. The number of hydrogen-bond acceptors (Lipinski definition) is 2. The average molecular weight is 229 g/mol. The Morgan fingerprint density at radius 3 is 1.88 bits per heavy atom. The smallest absolute Gasteiger partial charge is 0.336 e. The van der Waals surface area contributed by atoms with Gasteiger partial charge in [0.15, 0.2) is 0 Å². The second-order valence-corrected chi connectivity index (χ2v) is 3.53. The molecule has 88 valence electrons. The Kier molecular flexibility index (Phi) is 4.76. The van der Waals surface area contributed by atoms with Crippen molar-refractivity contribution in [3.05, 3.63) is 65.7 Å². The molecular formula is C14H15NO2. The highest BCUT2D eigenvalue weighted by Crippen LogP contribution is 2.11. The molecule has 2 rings (SSSR count). The molecule has 0 atom stereocenters. The Labute approximate surface area is 101 Å². The van der Waals surface area contributed by atoms with Crippen LogP contribution in [0.5, 0.6) is 0 Å². The van der Waals surface area contributed by atoms with Crippen LogP contribution in [0, 0.1) is 6.92 Å². The van der Waals surface area contributed by atoms with Gasteiger partial charge >= 0.3 is 5.97 Å². The summed E-state index contributed by atoms with van der Waals surface area (Å²) in [7, 11) is 0. The van der Waals surface area contributed by atoms with Gasteiger partial charge in [0.25, 0.3) is 0 Å². The molecule has 0 spiro atoms. The quantitative estimate of drug-likeness (QED) is 0.739. The molecule has 0 unspecified atom stereocenters. The number of carboxylic acids is 1. The number of benzene rings is 2. The van der Waals surface area contributed by atoms with E-state index in [0.717, 1.165) is 5.56 Å². The third kappa shape index (κ3) is 4.38. The number of anilines is 1. The Morgan fingerprint density at radius 2 is 1.53 bits per heavy atom. The van der Waals surface area contributed by atoms with Crippen LogP contribution in [-0.2, 0) is 0 Å². The lowest BCUT2D eigenvalue weighted by atomic mass is 10.1. The highest BCUT2D eigenvalue weighted by atomic mass is 16.4. The molecule has 3 N–H and O–H groups in total. The van der Waals surface area contributed by atoms with Crippen LogP contribution in [0.1, 0.15) is 15.9 Å². The SMILES string of the molecule is Cc1ccc(N)cc1C(=O)O.c1ccccc1. The summed E-state index contributed by atoms with van der Waals surface area (Å²) in [5.74, 6) is -0.935. The summed E-state index contributed by atoms with van der Waals surface area (Å²) in [5.41, 5.74) is 6.88. The standard InChI is InChI=1S/C8H9NO2.C6H6/c1-5-2-3-6(9)4-7(5)8(10)11;1-2-4-6-5-3-1/h2-4H,9H2,1H3,(H,10,11);1-6H. The van der Waals surface area contributed by atoms with Crippen LogP contribution in [0.2, 0.25) is 0 Å². The third-order valence-corrected chi connectivity index (χ3v) is 2.16. The first-order valence-electron chi connectivity index (χ1n) is 5.20. The minimum Gasteiger partial charge on any atom is -0.478 e. The van der Waals surface area contributed by atoms with Gasteiger partial charge in [-0.25, -0.2) is 4.79 Å². The molecule has 0 aliphatic rings. The van der Waals surface area contributed by atoms with Crippen LogP contribution in [0.15, 0.2) is 54.6 Å². The lowest BCUT2D eigenvalue weighted by Gasteiger charge is -2.00. The number of carbonyl (C=O) groups is 1. The highest BCUT2D eigenvalue weighted by molar-refractivity contribution is 5.90. The van der Waals surface area contributed by atoms with E-state index in [1.807, 2.05) is 36.4 Å². The van der Waals surface area contributed by atoms with Crippen molar-refractivity contribution in [2.75, 3.05) is 5.73 Å². The lowest BCUT2D eigenvalue weighted by Crippen LogP contribution is -2.00. The Hall–Kier alpha value is -2.29. The third-order valence-electron chi connectivity index (χ3n) is 2.16. The first-order chi connectivity index (χ1) is 8.11. The van der Waals surface area contributed by atoms with Crippen LogP contribution in [-0.4, -0.2) is 11.1 Å². The zero-order valence-corrected chi connectivity index (χ0v) is 9.63. The number of nitrogen functional groups attached to an aromatic ring is 1. The van der Waals surface area contributed by atoms with Crippen LogP contribution in [0.4, 0.5) is 5.69 Å². The van der Waals surface area contributed by atoms with Gasteiger partial charge in [-0.3, -0.25) is 0 Å². The second-order valence-electron chi connectivity index (χ2n) is 3.53. The van der Waals surface area contributed by atoms with Gasteiger partial charge in [0.2, 0.25) is 0 Å². The molecule has 2 aromatic rings. The molecule has 0 aromatic heterocycles. The topological polar surface area (TPSA) is 63.3 Å². The van der Waals surface area contributed by atoms with E-state index in [0.29, 0.717) is 5.69 Å². The maximum absolute atomic E-state index is 10.5. The van der Waals surface area contributed by atoms with Gasteiger partial charge in [0.1, 0.15) is 0 Å². The van der Waals surface area contributed by atoms with Crippen molar-refractivity contribution >= 4 is 11.7 Å². The van der Waals surface area contributed by atoms with Crippen LogP contribution >= 0.6 is 0 Å². The molecular weight excluding hydrogens is 214 g/mol. The molecule has 0 saturated heterocycles. The number of nitrogens with two attached hydrogens (primary N) is 1. The van der Waals surface area contributed by atoms with E-state index in [4.69, 9.17) is 10.8 Å². The van der Waals surface area contributed by atoms with Gasteiger partial charge in [0, 0.05) is 5.69 Å². The Morgan fingerprint density at radius 1 is 1.06 bits per heavy atom. The van der Waals surface area contributed by atoms with Crippen LogP contribution < -0.4 is 5.73 Å². The molecule has 17 heavy (non-hydrogen) atoms. The van der Waals surface area contributed by atoms with E-state index >= 15 is 0 Å². The van der Waals surface area contributed by atoms with E-state index < -0.39 is 5.97 Å². The lowest BCUT2D eigenvalue weighted by molar-refractivity contribution is 0.0696.